The summed E-state index contributed by atoms with van der Waals surface area (Å²) < 4.78 is 0. The summed E-state index contributed by atoms with van der Waals surface area (Å²) >= 11 is 0. The summed E-state index contributed by atoms with van der Waals surface area (Å²) in [6, 6.07) is 8.49. The second-order valence-electron chi connectivity index (χ2n) is 8.66. The van der Waals surface area contributed by atoms with Gasteiger partial charge in [-0.05, 0) is 62.1 Å². The second-order valence-corrected chi connectivity index (χ2v) is 8.66. The third-order valence-corrected chi connectivity index (χ3v) is 6.27. The lowest BCUT2D eigenvalue weighted by atomic mass is 9.80. The molecule has 0 spiro atoms. The Labute approximate surface area is 163 Å². The van der Waals surface area contributed by atoms with Gasteiger partial charge in [0.1, 0.15) is 0 Å². The Hall–Kier alpha value is -1.84. The first-order valence-corrected chi connectivity index (χ1v) is 10.7. The van der Waals surface area contributed by atoms with Crippen LogP contribution in [0.3, 0.4) is 0 Å². The lowest BCUT2D eigenvalue weighted by Gasteiger charge is -2.30. The topological polar surface area (TPSA) is 58.2 Å². The maximum atomic E-state index is 12.6. The van der Waals surface area contributed by atoms with Crippen LogP contribution in [-0.4, -0.2) is 17.9 Å². The molecule has 2 aliphatic carbocycles. The molecule has 0 aliphatic heterocycles. The summed E-state index contributed by atoms with van der Waals surface area (Å²) in [6.45, 7) is 4.33. The van der Waals surface area contributed by atoms with E-state index in [0.29, 0.717) is 12.0 Å². The van der Waals surface area contributed by atoms with Crippen LogP contribution in [0.1, 0.15) is 83.1 Å². The Kier molecular flexibility index (Phi) is 6.92. The Morgan fingerprint density at radius 2 is 1.37 bits per heavy atom. The number of carbonyl (C=O) groups is 2. The minimum atomic E-state index is 0.0218. The Morgan fingerprint density at radius 1 is 0.815 bits per heavy atom. The summed E-state index contributed by atoms with van der Waals surface area (Å²) in [6.07, 6.45) is 9.26. The van der Waals surface area contributed by atoms with Gasteiger partial charge in [0.2, 0.25) is 11.8 Å². The fraction of sp³-hybridized carbons (Fsp3) is 0.652. The molecule has 0 bridgehead atoms. The van der Waals surface area contributed by atoms with Gasteiger partial charge in [-0.25, -0.2) is 0 Å². The zero-order chi connectivity index (χ0) is 19.2. The van der Waals surface area contributed by atoms with E-state index in [0.717, 1.165) is 44.2 Å². The zero-order valence-electron chi connectivity index (χ0n) is 16.8. The molecule has 0 radical (unpaired) electrons. The zero-order valence-corrected chi connectivity index (χ0v) is 16.8. The molecule has 2 amide bonds. The van der Waals surface area contributed by atoms with Crippen molar-refractivity contribution in [3.8, 4) is 0 Å². The van der Waals surface area contributed by atoms with E-state index in [1.54, 1.807) is 0 Å². The predicted octanol–water partition coefficient (Wildman–Crippen LogP) is 5.00. The van der Waals surface area contributed by atoms with Gasteiger partial charge in [0.15, 0.2) is 0 Å². The van der Waals surface area contributed by atoms with Crippen molar-refractivity contribution in [2.45, 2.75) is 83.6 Å². The van der Waals surface area contributed by atoms with Crippen molar-refractivity contribution in [1.29, 1.82) is 0 Å². The lowest BCUT2D eigenvalue weighted by Crippen LogP contribution is -2.41. The van der Waals surface area contributed by atoms with Crippen LogP contribution in [-0.2, 0) is 9.59 Å². The van der Waals surface area contributed by atoms with Crippen LogP contribution < -0.4 is 10.6 Å². The van der Waals surface area contributed by atoms with Crippen molar-refractivity contribution in [2.24, 2.45) is 11.8 Å². The van der Waals surface area contributed by atoms with Crippen LogP contribution in [0, 0.1) is 11.8 Å². The number of benzene rings is 1. The van der Waals surface area contributed by atoms with E-state index in [9.17, 15) is 9.59 Å². The summed E-state index contributed by atoms with van der Waals surface area (Å²) in [5.41, 5.74) is 2.14. The van der Waals surface area contributed by atoms with E-state index in [-0.39, 0.29) is 23.7 Å². The average molecular weight is 371 g/mol. The highest BCUT2D eigenvalue weighted by molar-refractivity contribution is 5.92. The SMILES string of the molecule is CC(C)c1ccc(NC(=O)C2CCC(C(=O)NC3CCCCC3)CC2)cc1. The van der Waals surface area contributed by atoms with Crippen LogP contribution in [0.2, 0.25) is 0 Å². The van der Waals surface area contributed by atoms with Gasteiger partial charge in [-0.3, -0.25) is 9.59 Å². The molecular weight excluding hydrogens is 336 g/mol. The number of rotatable bonds is 5. The lowest BCUT2D eigenvalue weighted by molar-refractivity contribution is -0.129. The first-order valence-electron chi connectivity index (χ1n) is 10.7. The fourth-order valence-corrected chi connectivity index (χ4v) is 4.38. The summed E-state index contributed by atoms with van der Waals surface area (Å²) in [4.78, 5) is 25.1. The van der Waals surface area contributed by atoms with E-state index in [1.807, 2.05) is 12.1 Å². The largest absolute Gasteiger partial charge is 0.353 e. The van der Waals surface area contributed by atoms with Crippen molar-refractivity contribution in [2.75, 3.05) is 5.32 Å². The van der Waals surface area contributed by atoms with E-state index in [2.05, 4.69) is 36.6 Å². The molecule has 2 N–H and O–H groups in total. The van der Waals surface area contributed by atoms with Gasteiger partial charge < -0.3 is 10.6 Å². The predicted molar refractivity (Wildman–Crippen MR) is 110 cm³/mol. The molecule has 4 nitrogen and oxygen atoms in total. The van der Waals surface area contributed by atoms with E-state index < -0.39 is 0 Å². The minimum absolute atomic E-state index is 0.0218. The third-order valence-electron chi connectivity index (χ3n) is 6.27. The molecule has 0 aromatic heterocycles. The standard InChI is InChI=1S/C23H34N2O2/c1-16(2)17-12-14-21(15-13-17)25-23(27)19-10-8-18(9-11-19)22(26)24-20-6-4-3-5-7-20/h12-16,18-20H,3-11H2,1-2H3,(H,24,26)(H,25,27). The molecule has 27 heavy (non-hydrogen) atoms. The normalized spacial score (nSPS) is 23.8. The van der Waals surface area contributed by atoms with Crippen molar-refractivity contribution >= 4 is 17.5 Å². The highest BCUT2D eigenvalue weighted by Crippen LogP contribution is 2.30. The number of hydrogen-bond donors (Lipinski definition) is 2. The maximum absolute atomic E-state index is 12.6. The molecule has 2 fully saturated rings. The van der Waals surface area contributed by atoms with Gasteiger partial charge in [0, 0.05) is 23.6 Å². The molecule has 0 saturated heterocycles. The van der Waals surface area contributed by atoms with Gasteiger partial charge in [-0.2, -0.15) is 0 Å². The molecule has 1 aromatic rings. The smallest absolute Gasteiger partial charge is 0.227 e. The van der Waals surface area contributed by atoms with E-state index in [4.69, 9.17) is 0 Å². The summed E-state index contributed by atoms with van der Waals surface area (Å²) in [5, 5.41) is 6.30. The fourth-order valence-electron chi connectivity index (χ4n) is 4.38. The van der Waals surface area contributed by atoms with E-state index in [1.165, 1.54) is 24.8 Å². The minimum Gasteiger partial charge on any atom is -0.353 e. The highest BCUT2D eigenvalue weighted by atomic mass is 16.2. The molecule has 148 valence electrons. The number of hydrogen-bond acceptors (Lipinski definition) is 2. The van der Waals surface area contributed by atoms with Gasteiger partial charge in [0.05, 0.1) is 0 Å². The molecule has 4 heteroatoms. The highest BCUT2D eigenvalue weighted by Gasteiger charge is 2.31. The second kappa shape index (κ2) is 9.38. The third kappa shape index (κ3) is 5.57. The molecule has 3 rings (SSSR count). The van der Waals surface area contributed by atoms with Crippen LogP contribution >= 0.6 is 0 Å². The first-order chi connectivity index (χ1) is 13.0. The van der Waals surface area contributed by atoms with Crippen molar-refractivity contribution < 1.29 is 9.59 Å². The molecule has 1 aromatic carbocycles. The van der Waals surface area contributed by atoms with Crippen LogP contribution in [0.25, 0.3) is 0 Å². The number of amides is 2. The van der Waals surface area contributed by atoms with Gasteiger partial charge in [-0.1, -0.05) is 45.2 Å². The van der Waals surface area contributed by atoms with E-state index >= 15 is 0 Å². The summed E-state index contributed by atoms with van der Waals surface area (Å²) in [5.74, 6) is 0.906. The average Bonchev–Trinajstić information content (AvgIpc) is 2.69. The van der Waals surface area contributed by atoms with Crippen molar-refractivity contribution in [3.05, 3.63) is 29.8 Å². The molecule has 0 atom stereocenters. The molecular formula is C23H34N2O2. The maximum Gasteiger partial charge on any atom is 0.227 e. The quantitative estimate of drug-likeness (QED) is 0.766. The number of carbonyl (C=O) groups excluding carboxylic acids is 2. The number of anilines is 1. The Bertz CT molecular complexity index is 624. The molecule has 0 unspecified atom stereocenters. The van der Waals surface area contributed by atoms with Crippen LogP contribution in [0.4, 0.5) is 5.69 Å². The Balaban J connectivity index is 1.43. The number of nitrogens with one attached hydrogen (secondary N) is 2. The van der Waals surface area contributed by atoms with Gasteiger partial charge in [-0.15, -0.1) is 0 Å². The van der Waals surface area contributed by atoms with Gasteiger partial charge >= 0.3 is 0 Å². The molecule has 2 saturated carbocycles. The first kappa shape index (κ1) is 19.9. The monoisotopic (exact) mass is 370 g/mol. The van der Waals surface area contributed by atoms with Crippen molar-refractivity contribution in [3.63, 3.8) is 0 Å². The van der Waals surface area contributed by atoms with Crippen LogP contribution in [0.5, 0.6) is 0 Å². The van der Waals surface area contributed by atoms with Gasteiger partial charge in [0.25, 0.3) is 0 Å². The Morgan fingerprint density at radius 3 is 1.93 bits per heavy atom. The molecule has 2 aliphatic rings. The summed E-state index contributed by atoms with van der Waals surface area (Å²) in [7, 11) is 0. The van der Waals surface area contributed by atoms with Crippen LogP contribution in [0.15, 0.2) is 24.3 Å². The molecule has 0 heterocycles. The van der Waals surface area contributed by atoms with Crippen molar-refractivity contribution in [1.82, 2.24) is 5.32 Å².